The van der Waals surface area contributed by atoms with Gasteiger partial charge >= 0.3 is 0 Å². The van der Waals surface area contributed by atoms with Crippen molar-refractivity contribution >= 4 is 5.69 Å². The van der Waals surface area contributed by atoms with Crippen LogP contribution in [0, 0.1) is 6.92 Å². The van der Waals surface area contributed by atoms with Crippen molar-refractivity contribution in [3.8, 4) is 0 Å². The number of hydrogen-bond acceptors (Lipinski definition) is 5. The SMILES string of the molecule is Cc1cc(N2CCCC(O)(c3cn(C(C)C)nn3)C2)ccn1. The van der Waals surface area contributed by atoms with Crippen LogP contribution in [-0.2, 0) is 5.60 Å². The summed E-state index contributed by atoms with van der Waals surface area (Å²) < 4.78 is 1.79. The molecule has 3 rings (SSSR count). The highest BCUT2D eigenvalue weighted by Gasteiger charge is 2.37. The molecule has 0 aromatic carbocycles. The molecule has 0 spiro atoms. The Labute approximate surface area is 130 Å². The summed E-state index contributed by atoms with van der Waals surface area (Å²) in [7, 11) is 0. The van der Waals surface area contributed by atoms with Crippen LogP contribution in [0.25, 0.3) is 0 Å². The van der Waals surface area contributed by atoms with Crippen LogP contribution < -0.4 is 4.90 Å². The van der Waals surface area contributed by atoms with Crippen LogP contribution in [0.2, 0.25) is 0 Å². The van der Waals surface area contributed by atoms with Gasteiger partial charge in [-0.05, 0) is 45.7 Å². The van der Waals surface area contributed by atoms with Crippen molar-refractivity contribution in [2.24, 2.45) is 0 Å². The van der Waals surface area contributed by atoms with E-state index < -0.39 is 5.60 Å². The maximum atomic E-state index is 11.1. The van der Waals surface area contributed by atoms with Crippen LogP contribution in [0.3, 0.4) is 0 Å². The zero-order valence-corrected chi connectivity index (χ0v) is 13.4. The summed E-state index contributed by atoms with van der Waals surface area (Å²) in [5.74, 6) is 0. The Morgan fingerprint density at radius 3 is 2.86 bits per heavy atom. The number of pyridine rings is 1. The fraction of sp³-hybridized carbons (Fsp3) is 0.562. The Morgan fingerprint density at radius 1 is 1.36 bits per heavy atom. The number of piperidine rings is 1. The van der Waals surface area contributed by atoms with Gasteiger partial charge in [0, 0.05) is 30.2 Å². The molecule has 0 saturated carbocycles. The molecule has 118 valence electrons. The minimum Gasteiger partial charge on any atom is -0.382 e. The maximum absolute atomic E-state index is 11.1. The number of rotatable bonds is 3. The molecule has 1 aliphatic heterocycles. The molecule has 0 amide bonds. The first-order valence-electron chi connectivity index (χ1n) is 7.80. The highest BCUT2D eigenvalue weighted by molar-refractivity contribution is 5.47. The molecular formula is C16H23N5O. The monoisotopic (exact) mass is 301 g/mol. The third-order valence-corrected chi connectivity index (χ3v) is 4.23. The third-order valence-electron chi connectivity index (χ3n) is 4.23. The molecule has 1 aliphatic rings. The Bertz CT molecular complexity index is 653. The molecule has 1 fully saturated rings. The first-order valence-corrected chi connectivity index (χ1v) is 7.80. The van der Waals surface area contributed by atoms with Crippen molar-refractivity contribution in [3.05, 3.63) is 35.9 Å². The van der Waals surface area contributed by atoms with Crippen molar-refractivity contribution in [3.63, 3.8) is 0 Å². The fourth-order valence-corrected chi connectivity index (χ4v) is 2.94. The van der Waals surface area contributed by atoms with E-state index in [9.17, 15) is 5.11 Å². The van der Waals surface area contributed by atoms with Crippen LogP contribution in [-0.4, -0.2) is 38.2 Å². The Kier molecular flexibility index (Phi) is 3.87. The average molecular weight is 301 g/mol. The highest BCUT2D eigenvalue weighted by atomic mass is 16.3. The number of hydrogen-bond donors (Lipinski definition) is 1. The summed E-state index contributed by atoms with van der Waals surface area (Å²) in [6, 6.07) is 4.29. The molecule has 0 bridgehead atoms. The van der Waals surface area contributed by atoms with Crippen LogP contribution in [0.5, 0.6) is 0 Å². The van der Waals surface area contributed by atoms with Crippen molar-refractivity contribution in [2.45, 2.75) is 45.3 Å². The predicted octanol–water partition coefficient (Wildman–Crippen LogP) is 2.05. The van der Waals surface area contributed by atoms with Crippen LogP contribution in [0.4, 0.5) is 5.69 Å². The van der Waals surface area contributed by atoms with Gasteiger partial charge in [0.05, 0.1) is 12.7 Å². The van der Waals surface area contributed by atoms with Crippen molar-refractivity contribution in [1.29, 1.82) is 0 Å². The molecule has 2 aromatic rings. The van der Waals surface area contributed by atoms with E-state index in [1.807, 2.05) is 25.4 Å². The first-order chi connectivity index (χ1) is 10.5. The number of nitrogens with zero attached hydrogens (tertiary/aromatic N) is 5. The lowest BCUT2D eigenvalue weighted by molar-refractivity contribution is 0.0176. The van der Waals surface area contributed by atoms with E-state index >= 15 is 0 Å². The number of β-amino-alcohol motifs (C(OH)–C–C–N with tert-alkyl or cyclic N) is 1. The zero-order chi connectivity index (χ0) is 15.7. The molecule has 3 heterocycles. The Hall–Kier alpha value is -1.95. The van der Waals surface area contributed by atoms with Crippen molar-refractivity contribution in [2.75, 3.05) is 18.0 Å². The molecule has 0 aliphatic carbocycles. The van der Waals surface area contributed by atoms with E-state index in [0.29, 0.717) is 18.7 Å². The summed E-state index contributed by atoms with van der Waals surface area (Å²) in [6.45, 7) is 7.55. The predicted molar refractivity (Wildman–Crippen MR) is 84.7 cm³/mol. The molecular weight excluding hydrogens is 278 g/mol. The molecule has 0 radical (unpaired) electrons. The summed E-state index contributed by atoms with van der Waals surface area (Å²) in [4.78, 5) is 6.44. The summed E-state index contributed by atoms with van der Waals surface area (Å²) in [5.41, 5.74) is 1.80. The standard InChI is InChI=1S/C16H23N5O/c1-12(2)21-10-15(18-19-21)16(22)6-4-8-20(11-16)14-5-7-17-13(3)9-14/h5,7,9-10,12,22H,4,6,8,11H2,1-3H3. The van der Waals surface area contributed by atoms with E-state index in [-0.39, 0.29) is 6.04 Å². The van der Waals surface area contributed by atoms with Crippen molar-refractivity contribution < 1.29 is 5.11 Å². The van der Waals surface area contributed by atoms with Gasteiger partial charge in [-0.1, -0.05) is 5.21 Å². The van der Waals surface area contributed by atoms with E-state index in [1.54, 1.807) is 4.68 Å². The largest absolute Gasteiger partial charge is 0.382 e. The van der Waals surface area contributed by atoms with Crippen LogP contribution in [0.1, 0.15) is 44.1 Å². The summed E-state index contributed by atoms with van der Waals surface area (Å²) >= 11 is 0. The molecule has 1 saturated heterocycles. The lowest BCUT2D eigenvalue weighted by Crippen LogP contribution is -2.46. The highest BCUT2D eigenvalue weighted by Crippen LogP contribution is 2.32. The summed E-state index contributed by atoms with van der Waals surface area (Å²) in [6.07, 6.45) is 5.32. The molecule has 1 unspecified atom stereocenters. The van der Waals surface area contributed by atoms with Gasteiger partial charge < -0.3 is 10.0 Å². The molecule has 6 heteroatoms. The van der Waals surface area contributed by atoms with Gasteiger partial charge in [0.25, 0.3) is 0 Å². The van der Waals surface area contributed by atoms with E-state index in [4.69, 9.17) is 0 Å². The molecule has 1 atom stereocenters. The normalized spacial score (nSPS) is 22.3. The Morgan fingerprint density at radius 2 is 2.18 bits per heavy atom. The average Bonchev–Trinajstić information content (AvgIpc) is 2.98. The number of aliphatic hydroxyl groups is 1. The Balaban J connectivity index is 1.84. The molecule has 1 N–H and O–H groups in total. The van der Waals surface area contributed by atoms with Gasteiger partial charge in [0.15, 0.2) is 0 Å². The van der Waals surface area contributed by atoms with Gasteiger partial charge in [-0.15, -0.1) is 5.10 Å². The molecule has 6 nitrogen and oxygen atoms in total. The van der Waals surface area contributed by atoms with Crippen LogP contribution in [0.15, 0.2) is 24.5 Å². The second kappa shape index (κ2) is 5.68. The smallest absolute Gasteiger partial charge is 0.127 e. The van der Waals surface area contributed by atoms with Crippen LogP contribution >= 0.6 is 0 Å². The number of aromatic nitrogens is 4. The topological polar surface area (TPSA) is 67.1 Å². The quantitative estimate of drug-likeness (QED) is 0.940. The number of anilines is 1. The van der Waals surface area contributed by atoms with E-state index in [0.717, 1.165) is 24.3 Å². The molecule has 2 aromatic heterocycles. The maximum Gasteiger partial charge on any atom is 0.127 e. The lowest BCUT2D eigenvalue weighted by Gasteiger charge is -2.39. The zero-order valence-electron chi connectivity index (χ0n) is 13.4. The first kappa shape index (κ1) is 15.0. The van der Waals surface area contributed by atoms with Gasteiger partial charge in [-0.3, -0.25) is 4.98 Å². The van der Waals surface area contributed by atoms with Gasteiger partial charge in [-0.25, -0.2) is 4.68 Å². The second-order valence-corrected chi connectivity index (χ2v) is 6.39. The minimum absolute atomic E-state index is 0.243. The fourth-order valence-electron chi connectivity index (χ4n) is 2.94. The molecule has 22 heavy (non-hydrogen) atoms. The van der Waals surface area contributed by atoms with Gasteiger partial charge in [0.2, 0.25) is 0 Å². The van der Waals surface area contributed by atoms with E-state index in [2.05, 4.69) is 40.1 Å². The summed E-state index contributed by atoms with van der Waals surface area (Å²) in [5, 5.41) is 19.4. The van der Waals surface area contributed by atoms with Gasteiger partial charge in [-0.2, -0.15) is 0 Å². The lowest BCUT2D eigenvalue weighted by atomic mass is 9.89. The number of aryl methyl sites for hydroxylation is 1. The van der Waals surface area contributed by atoms with Gasteiger partial charge in [0.1, 0.15) is 11.3 Å². The van der Waals surface area contributed by atoms with Crippen molar-refractivity contribution in [1.82, 2.24) is 20.0 Å². The minimum atomic E-state index is -0.942. The second-order valence-electron chi connectivity index (χ2n) is 6.39. The van der Waals surface area contributed by atoms with E-state index in [1.165, 1.54) is 0 Å². The third kappa shape index (κ3) is 2.83.